The van der Waals surface area contributed by atoms with E-state index in [4.69, 9.17) is 14.8 Å². The molecule has 0 aliphatic carbocycles. The lowest BCUT2D eigenvalue weighted by molar-refractivity contribution is -0.128. The highest BCUT2D eigenvalue weighted by atomic mass is 16.5. The maximum absolute atomic E-state index is 13.8. The van der Waals surface area contributed by atoms with E-state index in [1.165, 1.54) is 0 Å². The Morgan fingerprint density at radius 1 is 1.02 bits per heavy atom. The van der Waals surface area contributed by atoms with Crippen LogP contribution in [0, 0.1) is 0 Å². The molecule has 0 radical (unpaired) electrons. The van der Waals surface area contributed by atoms with Crippen molar-refractivity contribution in [1.82, 2.24) is 20.1 Å². The van der Waals surface area contributed by atoms with Gasteiger partial charge in [0.05, 0.1) is 50.4 Å². The summed E-state index contributed by atoms with van der Waals surface area (Å²) in [6.45, 7) is 23.9. The standard InChI is InChI=1S/C43H56N4O5.C2H6/c1-7-11-16-40-33(6)17-18-34(10-4)37(13-8-2)31-47(40)41(50)23-24-44-43(51)36-21-19-35(20-22-36)42(46(25-27-48)26-29-52-30-28-49)39-15-12-14-38(45-39)32(5)9-3;1-2/h7-8,10-16,19-22,42,48-49H,1,4-5,9,17-18,23-31H2,2-3,6H3,(H,44,51);1-2H3/b13-8-,16-11-,37-34-,40-33-;. The fourth-order valence-electron chi connectivity index (χ4n) is 6.14. The molecule has 2 amide bonds. The van der Waals surface area contributed by atoms with Crippen LogP contribution >= 0.6 is 0 Å². The minimum Gasteiger partial charge on any atom is -0.395 e. The zero-order valence-electron chi connectivity index (χ0n) is 33.2. The van der Waals surface area contributed by atoms with Crippen molar-refractivity contribution in [3.05, 3.63) is 144 Å². The van der Waals surface area contributed by atoms with Gasteiger partial charge >= 0.3 is 0 Å². The number of carbonyl (C=O) groups is 2. The van der Waals surface area contributed by atoms with Crippen LogP contribution < -0.4 is 5.32 Å². The molecule has 2 heterocycles. The first-order chi connectivity index (χ1) is 26.2. The van der Waals surface area contributed by atoms with E-state index in [1.807, 2.05) is 95.3 Å². The van der Waals surface area contributed by atoms with Gasteiger partial charge < -0.3 is 25.2 Å². The predicted octanol–water partition coefficient (Wildman–Crippen LogP) is 7.74. The van der Waals surface area contributed by atoms with E-state index < -0.39 is 0 Å². The summed E-state index contributed by atoms with van der Waals surface area (Å²) in [4.78, 5) is 35.9. The first kappa shape index (κ1) is 45.5. The second-order valence-electron chi connectivity index (χ2n) is 12.5. The molecule has 9 nitrogen and oxygen atoms in total. The lowest BCUT2D eigenvalue weighted by atomic mass is 9.95. The summed E-state index contributed by atoms with van der Waals surface area (Å²) < 4.78 is 5.56. The number of aliphatic hydroxyl groups excluding tert-OH is 2. The highest BCUT2D eigenvalue weighted by Crippen LogP contribution is 2.30. The van der Waals surface area contributed by atoms with Crippen molar-refractivity contribution in [3.8, 4) is 0 Å². The Balaban J connectivity index is 0.00000495. The van der Waals surface area contributed by atoms with E-state index in [-0.39, 0.29) is 50.6 Å². The molecular formula is C45H62N4O5. The van der Waals surface area contributed by atoms with Gasteiger partial charge in [0.1, 0.15) is 0 Å². The molecule has 3 rings (SSSR count). The number of allylic oxidation sites excluding steroid dienone is 8. The summed E-state index contributed by atoms with van der Waals surface area (Å²) in [5.74, 6) is -0.379. The van der Waals surface area contributed by atoms with Gasteiger partial charge in [-0.3, -0.25) is 19.5 Å². The van der Waals surface area contributed by atoms with Crippen LogP contribution in [0.4, 0.5) is 0 Å². The topological polar surface area (TPSA) is 115 Å². The molecule has 1 aromatic carbocycles. The monoisotopic (exact) mass is 738 g/mol. The summed E-state index contributed by atoms with van der Waals surface area (Å²) in [6.07, 6.45) is 13.9. The van der Waals surface area contributed by atoms with Crippen molar-refractivity contribution in [2.45, 2.75) is 66.3 Å². The van der Waals surface area contributed by atoms with Crippen LogP contribution in [-0.2, 0) is 9.53 Å². The van der Waals surface area contributed by atoms with Gasteiger partial charge in [0, 0.05) is 37.3 Å². The number of nitrogens with zero attached hydrogens (tertiary/aromatic N) is 3. The molecule has 3 N–H and O–H groups in total. The number of aliphatic hydroxyl groups is 2. The number of pyridine rings is 1. The second-order valence-corrected chi connectivity index (χ2v) is 12.5. The molecule has 9 heteroatoms. The highest BCUT2D eigenvalue weighted by Gasteiger charge is 2.25. The van der Waals surface area contributed by atoms with Crippen LogP contribution in [0.1, 0.15) is 93.7 Å². The summed E-state index contributed by atoms with van der Waals surface area (Å²) in [6, 6.07) is 12.8. The predicted molar refractivity (Wildman–Crippen MR) is 222 cm³/mol. The number of benzene rings is 1. The zero-order valence-corrected chi connectivity index (χ0v) is 33.2. The largest absolute Gasteiger partial charge is 0.395 e. The molecule has 1 aliphatic rings. The number of aromatic nitrogens is 1. The third-order valence-electron chi connectivity index (χ3n) is 9.01. The third-order valence-corrected chi connectivity index (χ3v) is 9.01. The number of ether oxygens (including phenoxy) is 1. The summed E-state index contributed by atoms with van der Waals surface area (Å²) in [5.41, 5.74) is 7.95. The average molecular weight is 739 g/mol. The van der Waals surface area contributed by atoms with Crippen molar-refractivity contribution in [2.75, 3.05) is 52.6 Å². The molecule has 0 fully saturated rings. The fourth-order valence-corrected chi connectivity index (χ4v) is 6.14. The SMILES string of the molecule is C=C/C=C\C1=C(/C)CC/C(C=C)=C(/C=C\C)CN1C(=O)CCNC(=O)c1ccc(C(c2cccc(C(=C)CC)n2)N(CCO)CCOCCO)cc1.CC. The Hall–Kier alpha value is -4.67. The van der Waals surface area contributed by atoms with Gasteiger partial charge in [-0.05, 0) is 91.3 Å². The molecule has 1 aromatic heterocycles. The van der Waals surface area contributed by atoms with Crippen LogP contribution in [0.2, 0.25) is 0 Å². The van der Waals surface area contributed by atoms with Gasteiger partial charge in [-0.25, -0.2) is 0 Å². The molecule has 0 bridgehead atoms. The number of amides is 2. The van der Waals surface area contributed by atoms with Crippen molar-refractivity contribution < 1.29 is 24.5 Å². The summed E-state index contributed by atoms with van der Waals surface area (Å²) >= 11 is 0. The summed E-state index contributed by atoms with van der Waals surface area (Å²) in [5, 5.41) is 22.1. The first-order valence-corrected chi connectivity index (χ1v) is 19.1. The maximum atomic E-state index is 13.8. The zero-order chi connectivity index (χ0) is 39.9. The average Bonchev–Trinajstić information content (AvgIpc) is 3.19. The quantitative estimate of drug-likeness (QED) is 0.0941. The van der Waals surface area contributed by atoms with E-state index >= 15 is 0 Å². The van der Waals surface area contributed by atoms with E-state index in [0.29, 0.717) is 31.8 Å². The number of nitrogens with one attached hydrogen (secondary N) is 1. The molecule has 292 valence electrons. The van der Waals surface area contributed by atoms with Gasteiger partial charge in [0.15, 0.2) is 0 Å². The van der Waals surface area contributed by atoms with Gasteiger partial charge in [-0.2, -0.15) is 0 Å². The van der Waals surface area contributed by atoms with Crippen LogP contribution in [-0.4, -0.2) is 89.4 Å². The smallest absolute Gasteiger partial charge is 0.251 e. The van der Waals surface area contributed by atoms with E-state index in [9.17, 15) is 14.7 Å². The lowest BCUT2D eigenvalue weighted by Crippen LogP contribution is -2.36. The normalized spacial score (nSPS) is 16.8. The summed E-state index contributed by atoms with van der Waals surface area (Å²) in [7, 11) is 0. The molecule has 54 heavy (non-hydrogen) atoms. The first-order valence-electron chi connectivity index (χ1n) is 19.1. The number of rotatable bonds is 20. The Labute approximate surface area is 323 Å². The van der Waals surface area contributed by atoms with Crippen molar-refractivity contribution in [3.63, 3.8) is 0 Å². The molecule has 1 unspecified atom stereocenters. The Bertz CT molecular complexity index is 1650. The van der Waals surface area contributed by atoms with Gasteiger partial charge in [-0.1, -0.05) is 89.1 Å². The van der Waals surface area contributed by atoms with Crippen molar-refractivity contribution >= 4 is 17.4 Å². The lowest BCUT2D eigenvalue weighted by Gasteiger charge is -2.31. The fraction of sp³-hybridized carbons (Fsp3) is 0.400. The van der Waals surface area contributed by atoms with Crippen LogP contribution in [0.15, 0.2) is 121 Å². The Morgan fingerprint density at radius 2 is 1.76 bits per heavy atom. The van der Waals surface area contributed by atoms with Crippen molar-refractivity contribution in [1.29, 1.82) is 0 Å². The molecule has 2 aromatic rings. The van der Waals surface area contributed by atoms with Crippen molar-refractivity contribution in [2.24, 2.45) is 0 Å². The molecule has 1 aliphatic heterocycles. The molecular weight excluding hydrogens is 677 g/mol. The third kappa shape index (κ3) is 13.6. The van der Waals surface area contributed by atoms with E-state index in [0.717, 1.165) is 64.2 Å². The molecule has 0 saturated heterocycles. The van der Waals surface area contributed by atoms with Gasteiger partial charge in [-0.15, -0.1) is 0 Å². The number of hydrogen-bond acceptors (Lipinski definition) is 7. The highest BCUT2D eigenvalue weighted by molar-refractivity contribution is 5.94. The van der Waals surface area contributed by atoms with Gasteiger partial charge in [0.2, 0.25) is 5.91 Å². The van der Waals surface area contributed by atoms with Crippen LogP contribution in [0.3, 0.4) is 0 Å². The van der Waals surface area contributed by atoms with E-state index in [2.05, 4.69) is 30.0 Å². The minimum absolute atomic E-state index is 0.0711. The van der Waals surface area contributed by atoms with Crippen LogP contribution in [0.5, 0.6) is 0 Å². The second kappa shape index (κ2) is 25.4. The van der Waals surface area contributed by atoms with Crippen LogP contribution in [0.25, 0.3) is 5.57 Å². The Kier molecular flexibility index (Phi) is 21.4. The van der Waals surface area contributed by atoms with E-state index in [1.54, 1.807) is 23.1 Å². The Morgan fingerprint density at radius 3 is 2.39 bits per heavy atom. The maximum Gasteiger partial charge on any atom is 0.251 e. The molecule has 1 atom stereocenters. The minimum atomic E-state index is -0.342. The molecule has 0 saturated carbocycles. The number of carbonyl (C=O) groups excluding carboxylic acids is 2. The van der Waals surface area contributed by atoms with Gasteiger partial charge in [0.25, 0.3) is 5.91 Å². The molecule has 0 spiro atoms. The number of hydrogen-bond donors (Lipinski definition) is 3.